The molecule has 1 N–H and O–H groups in total. The normalized spacial score (nSPS) is 12.1. The van der Waals surface area contributed by atoms with E-state index in [1.165, 1.54) is 6.20 Å². The third-order valence-corrected chi connectivity index (χ3v) is 3.36. The average Bonchev–Trinajstić information content (AvgIpc) is 2.83. The molecule has 1 unspecified atom stereocenters. The van der Waals surface area contributed by atoms with Crippen LogP contribution in [0.25, 0.3) is 0 Å². The lowest BCUT2D eigenvalue weighted by molar-refractivity contribution is -0.388. The van der Waals surface area contributed by atoms with Crippen molar-refractivity contribution in [3.8, 4) is 0 Å². The predicted molar refractivity (Wildman–Crippen MR) is 67.2 cm³/mol. The van der Waals surface area contributed by atoms with Crippen molar-refractivity contribution in [3.05, 3.63) is 50.8 Å². The van der Waals surface area contributed by atoms with Crippen molar-refractivity contribution in [3.63, 3.8) is 0 Å². The highest BCUT2D eigenvalue weighted by Gasteiger charge is 2.16. The first-order chi connectivity index (χ1) is 8.18. The van der Waals surface area contributed by atoms with Crippen LogP contribution >= 0.6 is 11.3 Å². The zero-order valence-electron chi connectivity index (χ0n) is 9.16. The Kier molecular flexibility index (Phi) is 3.34. The zero-order chi connectivity index (χ0) is 12.3. The molecular formula is C11H11N3O2S. The lowest BCUT2D eigenvalue weighted by Crippen LogP contribution is -2.07. The molecule has 5 nitrogen and oxygen atoms in total. The first-order valence-electron chi connectivity index (χ1n) is 5.08. The summed E-state index contributed by atoms with van der Waals surface area (Å²) in [5, 5.41) is 15.9. The Bertz CT molecular complexity index is 513. The van der Waals surface area contributed by atoms with Gasteiger partial charge in [0.05, 0.1) is 6.04 Å². The van der Waals surface area contributed by atoms with E-state index in [4.69, 9.17) is 0 Å². The smallest absolute Gasteiger partial charge is 0.371 e. The molecule has 0 aromatic carbocycles. The summed E-state index contributed by atoms with van der Waals surface area (Å²) in [4.78, 5) is 15.2. The van der Waals surface area contributed by atoms with Crippen molar-refractivity contribution in [2.24, 2.45) is 0 Å². The van der Waals surface area contributed by atoms with Crippen molar-refractivity contribution in [1.82, 2.24) is 4.98 Å². The fourth-order valence-corrected chi connectivity index (χ4v) is 2.23. The van der Waals surface area contributed by atoms with Gasteiger partial charge in [0, 0.05) is 4.88 Å². The highest BCUT2D eigenvalue weighted by molar-refractivity contribution is 7.10. The zero-order valence-corrected chi connectivity index (χ0v) is 9.98. The highest BCUT2D eigenvalue weighted by atomic mass is 32.1. The Balaban J connectivity index is 2.21. The molecule has 0 saturated heterocycles. The SMILES string of the molecule is CC(Nc1cccnc1[N+](=O)[O-])c1cccs1. The third-order valence-electron chi connectivity index (χ3n) is 2.30. The van der Waals surface area contributed by atoms with E-state index in [0.717, 1.165) is 4.88 Å². The summed E-state index contributed by atoms with van der Waals surface area (Å²) in [6.07, 6.45) is 1.42. The van der Waals surface area contributed by atoms with E-state index in [2.05, 4.69) is 10.3 Å². The molecule has 88 valence electrons. The molecular weight excluding hydrogens is 238 g/mol. The summed E-state index contributed by atoms with van der Waals surface area (Å²) in [7, 11) is 0. The maximum atomic E-state index is 10.8. The van der Waals surface area contributed by atoms with Crippen molar-refractivity contribution in [2.45, 2.75) is 13.0 Å². The molecule has 2 aromatic rings. The van der Waals surface area contributed by atoms with E-state index in [9.17, 15) is 10.1 Å². The Morgan fingerprint density at radius 3 is 2.94 bits per heavy atom. The minimum atomic E-state index is -0.483. The van der Waals surface area contributed by atoms with Gasteiger partial charge < -0.3 is 15.4 Å². The van der Waals surface area contributed by atoms with Crippen LogP contribution in [0.4, 0.5) is 11.5 Å². The van der Waals surface area contributed by atoms with Crippen LogP contribution in [-0.4, -0.2) is 9.91 Å². The average molecular weight is 249 g/mol. The van der Waals surface area contributed by atoms with Gasteiger partial charge in [-0.2, -0.15) is 0 Å². The maximum absolute atomic E-state index is 10.8. The molecule has 2 aromatic heterocycles. The standard InChI is InChI=1S/C11H11N3O2S/c1-8(10-5-3-7-17-10)13-9-4-2-6-12-11(9)14(15)16/h2-8,13H,1H3. The second-order valence-electron chi connectivity index (χ2n) is 3.51. The first-order valence-corrected chi connectivity index (χ1v) is 5.96. The van der Waals surface area contributed by atoms with Gasteiger partial charge in [0.25, 0.3) is 0 Å². The van der Waals surface area contributed by atoms with Gasteiger partial charge in [-0.25, -0.2) is 0 Å². The van der Waals surface area contributed by atoms with E-state index in [-0.39, 0.29) is 11.9 Å². The largest absolute Gasteiger partial charge is 0.386 e. The van der Waals surface area contributed by atoms with Gasteiger partial charge in [0.2, 0.25) is 0 Å². The summed E-state index contributed by atoms with van der Waals surface area (Å²) < 4.78 is 0. The summed E-state index contributed by atoms with van der Waals surface area (Å²) >= 11 is 1.61. The number of hydrogen-bond acceptors (Lipinski definition) is 5. The number of nitro groups is 1. The van der Waals surface area contributed by atoms with Crippen molar-refractivity contribution < 1.29 is 4.92 Å². The predicted octanol–water partition coefficient (Wildman–Crippen LogP) is 3.22. The Morgan fingerprint density at radius 1 is 1.47 bits per heavy atom. The van der Waals surface area contributed by atoms with E-state index < -0.39 is 4.92 Å². The second kappa shape index (κ2) is 4.92. The minimum absolute atomic E-state index is 0.0258. The molecule has 1 atom stereocenters. The summed E-state index contributed by atoms with van der Waals surface area (Å²) in [5.41, 5.74) is 0.443. The first kappa shape index (κ1) is 11.5. The molecule has 0 amide bonds. The lowest BCUT2D eigenvalue weighted by Gasteiger charge is -2.12. The summed E-state index contributed by atoms with van der Waals surface area (Å²) in [6, 6.07) is 7.31. The number of aromatic nitrogens is 1. The topological polar surface area (TPSA) is 68.1 Å². The molecule has 0 saturated carbocycles. The van der Waals surface area contributed by atoms with Crippen LogP contribution in [0.1, 0.15) is 17.8 Å². The number of pyridine rings is 1. The van der Waals surface area contributed by atoms with Gasteiger partial charge in [-0.15, -0.1) is 11.3 Å². The van der Waals surface area contributed by atoms with Crippen molar-refractivity contribution in [2.75, 3.05) is 5.32 Å². The fraction of sp³-hybridized carbons (Fsp3) is 0.182. The van der Waals surface area contributed by atoms with Gasteiger partial charge in [0.15, 0.2) is 0 Å². The van der Waals surface area contributed by atoms with Crippen LogP contribution in [0.5, 0.6) is 0 Å². The number of hydrogen-bond donors (Lipinski definition) is 1. The molecule has 0 aliphatic heterocycles. The summed E-state index contributed by atoms with van der Waals surface area (Å²) in [5.74, 6) is -0.143. The molecule has 0 aliphatic carbocycles. The van der Waals surface area contributed by atoms with Gasteiger partial charge in [-0.3, -0.25) is 0 Å². The van der Waals surface area contributed by atoms with Gasteiger partial charge in [-0.05, 0) is 40.4 Å². The van der Waals surface area contributed by atoms with Crippen LogP contribution in [0.3, 0.4) is 0 Å². The molecule has 17 heavy (non-hydrogen) atoms. The van der Waals surface area contributed by atoms with Gasteiger partial charge in [0.1, 0.15) is 11.9 Å². The molecule has 0 fully saturated rings. The molecule has 0 spiro atoms. The monoisotopic (exact) mass is 249 g/mol. The van der Waals surface area contributed by atoms with Crippen LogP contribution in [-0.2, 0) is 0 Å². The van der Waals surface area contributed by atoms with Gasteiger partial charge in [-0.1, -0.05) is 6.07 Å². The van der Waals surface area contributed by atoms with Crippen molar-refractivity contribution in [1.29, 1.82) is 0 Å². The minimum Gasteiger partial charge on any atom is -0.371 e. The third kappa shape index (κ3) is 2.59. The van der Waals surface area contributed by atoms with Crippen LogP contribution in [0, 0.1) is 10.1 Å². The van der Waals surface area contributed by atoms with Gasteiger partial charge >= 0.3 is 5.82 Å². The van der Waals surface area contributed by atoms with E-state index >= 15 is 0 Å². The highest BCUT2D eigenvalue weighted by Crippen LogP contribution is 2.27. The molecule has 0 radical (unpaired) electrons. The summed E-state index contributed by atoms with van der Waals surface area (Å²) in [6.45, 7) is 1.96. The van der Waals surface area contributed by atoms with E-state index in [1.54, 1.807) is 23.5 Å². The molecule has 6 heteroatoms. The quantitative estimate of drug-likeness (QED) is 0.667. The number of thiophene rings is 1. The second-order valence-corrected chi connectivity index (χ2v) is 4.49. The van der Waals surface area contributed by atoms with Crippen LogP contribution in [0.15, 0.2) is 35.8 Å². The number of nitrogens with zero attached hydrogens (tertiary/aromatic N) is 2. The van der Waals surface area contributed by atoms with Crippen LogP contribution in [0.2, 0.25) is 0 Å². The lowest BCUT2D eigenvalue weighted by atomic mass is 10.2. The number of rotatable bonds is 4. The Hall–Kier alpha value is -1.95. The Morgan fingerprint density at radius 2 is 2.29 bits per heavy atom. The van der Waals surface area contributed by atoms with E-state index in [0.29, 0.717) is 5.69 Å². The Labute approximate surface area is 102 Å². The van der Waals surface area contributed by atoms with Crippen LogP contribution < -0.4 is 5.32 Å². The molecule has 0 aliphatic rings. The van der Waals surface area contributed by atoms with Crippen molar-refractivity contribution >= 4 is 22.8 Å². The van der Waals surface area contributed by atoms with E-state index in [1.807, 2.05) is 24.4 Å². The number of anilines is 1. The molecule has 2 heterocycles. The number of nitrogens with one attached hydrogen (secondary N) is 1. The maximum Gasteiger partial charge on any atom is 0.386 e. The molecule has 0 bridgehead atoms. The fourth-order valence-electron chi connectivity index (χ4n) is 1.50. The molecule has 2 rings (SSSR count).